The summed E-state index contributed by atoms with van der Waals surface area (Å²) in [6, 6.07) is 7.85. The van der Waals surface area contributed by atoms with E-state index < -0.39 is 5.92 Å². The lowest BCUT2D eigenvalue weighted by atomic mass is 9.78. The monoisotopic (exact) mass is 420 g/mol. The van der Waals surface area contributed by atoms with Crippen LogP contribution in [0.3, 0.4) is 0 Å². The normalized spacial score (nSPS) is 18.8. The highest BCUT2D eigenvalue weighted by Crippen LogP contribution is 2.27. The van der Waals surface area contributed by atoms with E-state index >= 15 is 0 Å². The van der Waals surface area contributed by atoms with Crippen molar-refractivity contribution < 1.29 is 9.59 Å². The molecule has 0 spiro atoms. The fourth-order valence-electron chi connectivity index (χ4n) is 4.38. The molecule has 4 heteroatoms. The van der Waals surface area contributed by atoms with Crippen LogP contribution in [0.2, 0.25) is 0 Å². The van der Waals surface area contributed by atoms with E-state index in [4.69, 9.17) is 0 Å². The molecule has 1 fully saturated rings. The predicted octanol–water partition coefficient (Wildman–Crippen LogP) is 6.16. The number of aryl methyl sites for hydroxylation is 1. The van der Waals surface area contributed by atoms with Gasteiger partial charge in [-0.15, -0.1) is 0 Å². The summed E-state index contributed by atoms with van der Waals surface area (Å²) in [6.07, 6.45) is 15.2. The Morgan fingerprint density at radius 2 is 1.61 bits per heavy atom. The minimum absolute atomic E-state index is 0.0555. The molecule has 0 amide bonds. The van der Waals surface area contributed by atoms with Gasteiger partial charge in [-0.3, -0.25) is 9.59 Å². The van der Waals surface area contributed by atoms with E-state index in [-0.39, 0.29) is 11.6 Å². The van der Waals surface area contributed by atoms with E-state index in [2.05, 4.69) is 23.8 Å². The fourth-order valence-corrected chi connectivity index (χ4v) is 4.38. The second-order valence-electron chi connectivity index (χ2n) is 9.18. The van der Waals surface area contributed by atoms with Crippen molar-refractivity contribution in [3.05, 3.63) is 47.8 Å². The van der Waals surface area contributed by atoms with Gasteiger partial charge in [0.15, 0.2) is 5.82 Å². The zero-order valence-electron chi connectivity index (χ0n) is 19.1. The summed E-state index contributed by atoms with van der Waals surface area (Å²) in [7, 11) is 0. The van der Waals surface area contributed by atoms with Crippen molar-refractivity contribution in [2.75, 3.05) is 0 Å². The van der Waals surface area contributed by atoms with Gasteiger partial charge in [0.1, 0.15) is 11.6 Å². The molecule has 2 unspecified atom stereocenters. The van der Waals surface area contributed by atoms with Crippen molar-refractivity contribution in [3.8, 4) is 11.4 Å². The lowest BCUT2D eigenvalue weighted by Crippen LogP contribution is -2.31. The van der Waals surface area contributed by atoms with Crippen molar-refractivity contribution in [2.24, 2.45) is 11.8 Å². The van der Waals surface area contributed by atoms with Crippen molar-refractivity contribution in [1.82, 2.24) is 9.97 Å². The minimum atomic E-state index is -0.404. The van der Waals surface area contributed by atoms with Gasteiger partial charge < -0.3 is 0 Å². The van der Waals surface area contributed by atoms with Gasteiger partial charge in [-0.05, 0) is 42.7 Å². The summed E-state index contributed by atoms with van der Waals surface area (Å²) < 4.78 is 0. The van der Waals surface area contributed by atoms with Crippen molar-refractivity contribution in [3.63, 3.8) is 0 Å². The first-order valence-corrected chi connectivity index (χ1v) is 12.0. The molecule has 166 valence electrons. The third kappa shape index (κ3) is 7.09. The van der Waals surface area contributed by atoms with Crippen LogP contribution in [0.4, 0.5) is 0 Å². The summed E-state index contributed by atoms with van der Waals surface area (Å²) in [5.41, 5.74) is 3.08. The van der Waals surface area contributed by atoms with Crippen molar-refractivity contribution >= 4 is 11.6 Å². The van der Waals surface area contributed by atoms with Crippen LogP contribution in [0.1, 0.15) is 82.8 Å². The molecule has 0 aliphatic heterocycles. The smallest absolute Gasteiger partial charge is 0.159 e. The van der Waals surface area contributed by atoms with Gasteiger partial charge in [0.2, 0.25) is 0 Å². The molecule has 1 aliphatic carbocycles. The predicted molar refractivity (Wildman–Crippen MR) is 125 cm³/mol. The van der Waals surface area contributed by atoms with E-state index in [1.165, 1.54) is 44.1 Å². The van der Waals surface area contributed by atoms with Crippen LogP contribution in [0.5, 0.6) is 0 Å². The van der Waals surface area contributed by atoms with E-state index in [1.54, 1.807) is 0 Å². The Balaban J connectivity index is 1.49. The highest BCUT2D eigenvalue weighted by molar-refractivity contribution is 6.03. The number of carbonyl (C=O) groups is 2. The summed E-state index contributed by atoms with van der Waals surface area (Å²) in [5, 5.41) is 0. The van der Waals surface area contributed by atoms with Crippen LogP contribution in [0.15, 0.2) is 36.7 Å². The van der Waals surface area contributed by atoms with Gasteiger partial charge in [0.05, 0.1) is 5.92 Å². The number of aromatic nitrogens is 2. The van der Waals surface area contributed by atoms with E-state index in [0.29, 0.717) is 31.0 Å². The third-order valence-electron chi connectivity index (χ3n) is 6.39. The van der Waals surface area contributed by atoms with E-state index in [1.807, 2.05) is 36.7 Å². The van der Waals surface area contributed by atoms with Crippen LogP contribution in [-0.2, 0) is 22.4 Å². The maximum atomic E-state index is 12.6. The maximum absolute atomic E-state index is 12.6. The molecule has 1 aliphatic rings. The standard InChI is InChI=1S/C27H36N2O2/c1-3-4-5-6-7-8-9-22-18-28-27(29-19-22)23-13-11-21(12-14-23)17-26(31)24-15-10-20(2)16-25(24)30/h11-14,18-20,24H,3-10,15-17H2,1-2H3. The number of rotatable bonds is 11. The molecule has 31 heavy (non-hydrogen) atoms. The van der Waals surface area contributed by atoms with Gasteiger partial charge in [-0.1, -0.05) is 70.2 Å². The molecule has 3 rings (SSSR count). The van der Waals surface area contributed by atoms with Gasteiger partial charge in [0, 0.05) is 30.8 Å². The second-order valence-corrected chi connectivity index (χ2v) is 9.18. The second kappa shape index (κ2) is 11.9. The number of carbonyl (C=O) groups excluding carboxylic acids is 2. The lowest BCUT2D eigenvalue weighted by Gasteiger charge is -2.23. The van der Waals surface area contributed by atoms with E-state index in [9.17, 15) is 9.59 Å². The molecule has 0 bridgehead atoms. The van der Waals surface area contributed by atoms with Gasteiger partial charge in [-0.2, -0.15) is 0 Å². The van der Waals surface area contributed by atoms with Crippen LogP contribution in [0, 0.1) is 11.8 Å². The average molecular weight is 421 g/mol. The number of unbranched alkanes of at least 4 members (excludes halogenated alkanes) is 5. The van der Waals surface area contributed by atoms with Crippen LogP contribution in [0.25, 0.3) is 11.4 Å². The van der Waals surface area contributed by atoms with Crippen LogP contribution >= 0.6 is 0 Å². The zero-order chi connectivity index (χ0) is 22.1. The summed E-state index contributed by atoms with van der Waals surface area (Å²) in [5.74, 6) is 0.891. The molecular formula is C27H36N2O2. The highest BCUT2D eigenvalue weighted by atomic mass is 16.1. The number of hydrogen-bond donors (Lipinski definition) is 0. The SMILES string of the molecule is CCCCCCCCc1cnc(-c2ccc(CC(=O)C3CCC(C)CC3=O)cc2)nc1. The molecule has 1 heterocycles. The van der Waals surface area contributed by atoms with Crippen molar-refractivity contribution in [1.29, 1.82) is 0 Å². The quantitative estimate of drug-likeness (QED) is 0.322. The maximum Gasteiger partial charge on any atom is 0.159 e. The Bertz CT molecular complexity index is 843. The Kier molecular flexibility index (Phi) is 8.93. The molecule has 1 saturated carbocycles. The summed E-state index contributed by atoms with van der Waals surface area (Å²) in [6.45, 7) is 4.33. The number of hydrogen-bond acceptors (Lipinski definition) is 4. The Morgan fingerprint density at radius 3 is 2.29 bits per heavy atom. The topological polar surface area (TPSA) is 59.9 Å². The summed E-state index contributed by atoms with van der Waals surface area (Å²) >= 11 is 0. The van der Waals surface area contributed by atoms with Crippen LogP contribution in [-0.4, -0.2) is 21.5 Å². The molecule has 0 saturated heterocycles. The molecular weight excluding hydrogens is 384 g/mol. The fraction of sp³-hybridized carbons (Fsp3) is 0.556. The molecule has 4 nitrogen and oxygen atoms in total. The van der Waals surface area contributed by atoms with Crippen LogP contribution < -0.4 is 0 Å². The Labute approximate surface area is 186 Å². The minimum Gasteiger partial charge on any atom is -0.299 e. The van der Waals surface area contributed by atoms with Gasteiger partial charge in [-0.25, -0.2) is 9.97 Å². The molecule has 1 aromatic carbocycles. The first-order chi connectivity index (χ1) is 15.1. The number of ketones is 2. The molecule has 2 aromatic rings. The molecule has 1 aromatic heterocycles. The van der Waals surface area contributed by atoms with Gasteiger partial charge >= 0.3 is 0 Å². The Morgan fingerprint density at radius 1 is 0.935 bits per heavy atom. The first kappa shape index (κ1) is 23.3. The zero-order valence-corrected chi connectivity index (χ0v) is 19.1. The van der Waals surface area contributed by atoms with Gasteiger partial charge in [0.25, 0.3) is 0 Å². The lowest BCUT2D eigenvalue weighted by molar-refractivity contribution is -0.134. The molecule has 0 N–H and O–H groups in total. The number of benzene rings is 1. The largest absolute Gasteiger partial charge is 0.299 e. The number of nitrogens with zero attached hydrogens (tertiary/aromatic N) is 2. The van der Waals surface area contributed by atoms with E-state index in [0.717, 1.165) is 24.0 Å². The Hall–Kier alpha value is -2.36. The molecule has 0 radical (unpaired) electrons. The molecule has 2 atom stereocenters. The first-order valence-electron chi connectivity index (χ1n) is 12.0. The summed E-state index contributed by atoms with van der Waals surface area (Å²) in [4.78, 5) is 33.9. The average Bonchev–Trinajstić information content (AvgIpc) is 2.77. The number of Topliss-reactive ketones (excluding diaryl/α,β-unsaturated/α-hetero) is 2. The third-order valence-corrected chi connectivity index (χ3v) is 6.39. The highest BCUT2D eigenvalue weighted by Gasteiger charge is 2.31. The van der Waals surface area contributed by atoms with Crippen molar-refractivity contribution in [2.45, 2.75) is 84.5 Å².